The number of alkyl halides is 3. The molecule has 0 radical (unpaired) electrons. The summed E-state index contributed by atoms with van der Waals surface area (Å²) < 4.78 is 37.7. The van der Waals surface area contributed by atoms with Crippen LogP contribution in [0, 0.1) is 0 Å². The highest BCUT2D eigenvalue weighted by Crippen LogP contribution is 2.37. The van der Waals surface area contributed by atoms with Crippen molar-refractivity contribution in [1.82, 2.24) is 0 Å². The highest BCUT2D eigenvalue weighted by Gasteiger charge is 2.32. The Labute approximate surface area is 92.8 Å². The van der Waals surface area contributed by atoms with Crippen LogP contribution in [0.4, 0.5) is 13.2 Å². The van der Waals surface area contributed by atoms with Crippen molar-refractivity contribution in [2.45, 2.75) is 6.18 Å². The van der Waals surface area contributed by atoms with Gasteiger partial charge >= 0.3 is 6.18 Å². The normalized spacial score (nSPS) is 12.0. The van der Waals surface area contributed by atoms with Gasteiger partial charge in [0.05, 0.1) is 5.56 Å². The van der Waals surface area contributed by atoms with Gasteiger partial charge in [-0.2, -0.15) is 13.2 Å². The lowest BCUT2D eigenvalue weighted by molar-refractivity contribution is -0.138. The lowest BCUT2D eigenvalue weighted by Gasteiger charge is -2.10. The van der Waals surface area contributed by atoms with Crippen molar-refractivity contribution in [3.63, 3.8) is 0 Å². The first-order chi connectivity index (χ1) is 6.98. The third kappa shape index (κ3) is 2.00. The van der Waals surface area contributed by atoms with Gasteiger partial charge in [0.25, 0.3) is 0 Å². The van der Waals surface area contributed by atoms with Gasteiger partial charge in [0.2, 0.25) is 0 Å². The largest absolute Gasteiger partial charge is 0.417 e. The number of rotatable bonds is 0. The van der Waals surface area contributed by atoms with Crippen LogP contribution >= 0.6 is 15.9 Å². The van der Waals surface area contributed by atoms with E-state index in [-0.39, 0.29) is 4.47 Å². The Morgan fingerprint density at radius 1 is 0.933 bits per heavy atom. The predicted molar refractivity (Wildman–Crippen MR) is 56.7 cm³/mol. The molecule has 2 aromatic carbocycles. The number of hydrogen-bond donors (Lipinski definition) is 0. The molecule has 2 aromatic rings. The molecule has 0 aliphatic carbocycles. The Balaban J connectivity index is 2.73. The first kappa shape index (κ1) is 10.5. The smallest absolute Gasteiger partial charge is 0.166 e. The average molecular weight is 275 g/mol. The molecule has 0 amide bonds. The van der Waals surface area contributed by atoms with Crippen LogP contribution in [-0.2, 0) is 6.18 Å². The molecule has 0 fully saturated rings. The number of fused-ring (bicyclic) bond motifs is 1. The third-order valence-electron chi connectivity index (χ3n) is 2.14. The van der Waals surface area contributed by atoms with Crippen LogP contribution in [0.1, 0.15) is 5.56 Å². The van der Waals surface area contributed by atoms with Gasteiger partial charge in [-0.1, -0.05) is 40.2 Å². The van der Waals surface area contributed by atoms with Crippen molar-refractivity contribution >= 4 is 26.7 Å². The highest BCUT2D eigenvalue weighted by molar-refractivity contribution is 9.10. The van der Waals surface area contributed by atoms with Crippen LogP contribution < -0.4 is 0 Å². The minimum atomic E-state index is -4.32. The summed E-state index contributed by atoms with van der Waals surface area (Å²) in [6.45, 7) is 0. The molecule has 0 unspecified atom stereocenters. The number of halogens is 4. The molecule has 0 bridgehead atoms. The molecule has 0 spiro atoms. The maximum Gasteiger partial charge on any atom is 0.417 e. The van der Waals surface area contributed by atoms with E-state index >= 15 is 0 Å². The topological polar surface area (TPSA) is 0 Å². The summed E-state index contributed by atoms with van der Waals surface area (Å²) in [6, 6.07) is 9.59. The number of benzene rings is 2. The fraction of sp³-hybridized carbons (Fsp3) is 0.0909. The molecule has 0 aliphatic rings. The SMILES string of the molecule is FC(F)(F)c1cc2ccccc2cc1Br. The van der Waals surface area contributed by atoms with Crippen LogP contribution in [0.2, 0.25) is 0 Å². The summed E-state index contributed by atoms with van der Waals surface area (Å²) in [7, 11) is 0. The van der Waals surface area contributed by atoms with E-state index in [1.54, 1.807) is 24.3 Å². The first-order valence-corrected chi connectivity index (χ1v) is 5.03. The lowest BCUT2D eigenvalue weighted by Crippen LogP contribution is -2.05. The zero-order valence-electron chi connectivity index (χ0n) is 7.48. The molecule has 4 heteroatoms. The van der Waals surface area contributed by atoms with Gasteiger partial charge in [0.15, 0.2) is 0 Å². The van der Waals surface area contributed by atoms with Crippen LogP contribution in [0.15, 0.2) is 40.9 Å². The maximum absolute atomic E-state index is 12.5. The van der Waals surface area contributed by atoms with E-state index in [1.807, 2.05) is 0 Å². The van der Waals surface area contributed by atoms with E-state index in [2.05, 4.69) is 15.9 Å². The molecule has 0 aliphatic heterocycles. The standard InChI is InChI=1S/C11H6BrF3/c12-10-6-8-4-2-1-3-7(8)5-9(10)11(13,14)15/h1-6H. The summed E-state index contributed by atoms with van der Waals surface area (Å²) in [5.41, 5.74) is -0.638. The van der Waals surface area contributed by atoms with Gasteiger partial charge in [0.1, 0.15) is 0 Å². The van der Waals surface area contributed by atoms with Crippen LogP contribution in [0.3, 0.4) is 0 Å². The van der Waals surface area contributed by atoms with Crippen molar-refractivity contribution < 1.29 is 13.2 Å². The average Bonchev–Trinajstić information content (AvgIpc) is 2.15. The molecule has 0 N–H and O–H groups in total. The molecule has 0 saturated heterocycles. The van der Waals surface area contributed by atoms with Crippen molar-refractivity contribution in [1.29, 1.82) is 0 Å². The molecule has 0 atom stereocenters. The second-order valence-electron chi connectivity index (χ2n) is 3.18. The van der Waals surface area contributed by atoms with Crippen LogP contribution in [0.5, 0.6) is 0 Å². The lowest BCUT2D eigenvalue weighted by atomic mass is 10.1. The Hall–Kier alpha value is -1.03. The zero-order chi connectivity index (χ0) is 11.1. The molecular formula is C11H6BrF3. The van der Waals surface area contributed by atoms with Crippen LogP contribution in [0.25, 0.3) is 10.8 Å². The van der Waals surface area contributed by atoms with E-state index in [9.17, 15) is 13.2 Å². The quantitative estimate of drug-likeness (QED) is 0.658. The second kappa shape index (κ2) is 3.52. The third-order valence-corrected chi connectivity index (χ3v) is 2.80. The molecule has 0 saturated carbocycles. The van der Waals surface area contributed by atoms with Crippen LogP contribution in [-0.4, -0.2) is 0 Å². The first-order valence-electron chi connectivity index (χ1n) is 4.24. The summed E-state index contributed by atoms with van der Waals surface area (Å²) in [5.74, 6) is 0. The van der Waals surface area contributed by atoms with Crippen molar-refractivity contribution in [3.8, 4) is 0 Å². The fourth-order valence-electron chi connectivity index (χ4n) is 1.43. The van der Waals surface area contributed by atoms with Gasteiger partial charge in [-0.25, -0.2) is 0 Å². The molecule has 15 heavy (non-hydrogen) atoms. The van der Waals surface area contributed by atoms with E-state index < -0.39 is 11.7 Å². The highest BCUT2D eigenvalue weighted by atomic mass is 79.9. The number of hydrogen-bond acceptors (Lipinski definition) is 0. The summed E-state index contributed by atoms with van der Waals surface area (Å²) in [4.78, 5) is 0. The van der Waals surface area contributed by atoms with E-state index in [0.29, 0.717) is 5.39 Å². The van der Waals surface area contributed by atoms with Gasteiger partial charge in [-0.15, -0.1) is 0 Å². The van der Waals surface area contributed by atoms with E-state index in [0.717, 1.165) is 11.5 Å². The molecule has 0 heterocycles. The molecular weight excluding hydrogens is 269 g/mol. The Morgan fingerprint density at radius 3 is 2.00 bits per heavy atom. The second-order valence-corrected chi connectivity index (χ2v) is 4.03. The minimum Gasteiger partial charge on any atom is -0.166 e. The van der Waals surface area contributed by atoms with Gasteiger partial charge < -0.3 is 0 Å². The fourth-order valence-corrected chi connectivity index (χ4v) is 2.02. The molecule has 0 aromatic heterocycles. The molecule has 2 rings (SSSR count). The minimum absolute atomic E-state index is 0.0775. The molecule has 0 nitrogen and oxygen atoms in total. The van der Waals surface area contributed by atoms with Gasteiger partial charge in [0, 0.05) is 4.47 Å². The molecule has 78 valence electrons. The van der Waals surface area contributed by atoms with Crippen molar-refractivity contribution in [2.75, 3.05) is 0 Å². The summed E-state index contributed by atoms with van der Waals surface area (Å²) >= 11 is 2.93. The Bertz CT molecular complexity index is 503. The predicted octanol–water partition coefficient (Wildman–Crippen LogP) is 4.62. The van der Waals surface area contributed by atoms with Gasteiger partial charge in [-0.3, -0.25) is 0 Å². The summed E-state index contributed by atoms with van der Waals surface area (Å²) in [5, 5.41) is 1.38. The maximum atomic E-state index is 12.5. The zero-order valence-corrected chi connectivity index (χ0v) is 9.06. The van der Waals surface area contributed by atoms with Crippen molar-refractivity contribution in [2.24, 2.45) is 0 Å². The van der Waals surface area contributed by atoms with E-state index in [1.165, 1.54) is 6.07 Å². The summed E-state index contributed by atoms with van der Waals surface area (Å²) in [6.07, 6.45) is -4.32. The van der Waals surface area contributed by atoms with Crippen molar-refractivity contribution in [3.05, 3.63) is 46.4 Å². The van der Waals surface area contributed by atoms with E-state index in [4.69, 9.17) is 0 Å². The Kier molecular flexibility index (Phi) is 2.46. The van der Waals surface area contributed by atoms with Gasteiger partial charge in [-0.05, 0) is 22.9 Å². The Morgan fingerprint density at radius 2 is 1.47 bits per heavy atom. The monoisotopic (exact) mass is 274 g/mol.